The van der Waals surface area contributed by atoms with Gasteiger partial charge in [0.2, 0.25) is 0 Å². The van der Waals surface area contributed by atoms with Gasteiger partial charge in [0.1, 0.15) is 0 Å². The van der Waals surface area contributed by atoms with Crippen LogP contribution in [0.3, 0.4) is 0 Å². The van der Waals surface area contributed by atoms with Gasteiger partial charge in [0, 0.05) is 44.4 Å². The molecule has 8 aromatic rings. The number of hydrogen-bond donors (Lipinski definition) is 0. The van der Waals surface area contributed by atoms with Crippen LogP contribution in [0.15, 0.2) is 134 Å². The Bertz CT molecular complexity index is 2200. The molecular weight excluding hydrogens is 488 g/mol. The fourth-order valence-corrected chi connectivity index (χ4v) is 5.63. The summed E-state index contributed by atoms with van der Waals surface area (Å²) in [5, 5.41) is 5.57. The van der Waals surface area contributed by atoms with Crippen LogP contribution in [0.2, 0.25) is 0 Å². The van der Waals surface area contributed by atoms with E-state index in [0.29, 0.717) is 11.5 Å². The van der Waals surface area contributed by atoms with Crippen molar-refractivity contribution >= 4 is 43.6 Å². The Morgan fingerprint density at radius 1 is 0.425 bits per heavy atom. The van der Waals surface area contributed by atoms with Crippen molar-refractivity contribution in [3.05, 3.63) is 134 Å². The second-order valence-corrected chi connectivity index (χ2v) is 9.90. The Morgan fingerprint density at radius 2 is 1.15 bits per heavy atom. The third-order valence-electron chi connectivity index (χ3n) is 7.53. The van der Waals surface area contributed by atoms with Gasteiger partial charge in [0.15, 0.2) is 11.5 Å². The predicted molar refractivity (Wildman–Crippen MR) is 164 cm³/mol. The van der Waals surface area contributed by atoms with Crippen LogP contribution in [0.1, 0.15) is 0 Å². The highest BCUT2D eigenvalue weighted by Gasteiger charge is 2.15. The summed E-state index contributed by atoms with van der Waals surface area (Å²) in [5.74, 6) is 0.659. The van der Waals surface area contributed by atoms with Gasteiger partial charge in [-0.05, 0) is 29.1 Å². The highest BCUT2D eigenvalue weighted by Crippen LogP contribution is 2.38. The van der Waals surface area contributed by atoms with Crippen molar-refractivity contribution < 1.29 is 0 Å². The highest BCUT2D eigenvalue weighted by molar-refractivity contribution is 6.16. The highest BCUT2D eigenvalue weighted by atomic mass is 14.9. The molecule has 0 spiro atoms. The minimum Gasteiger partial charge on any atom is -0.247 e. The lowest BCUT2D eigenvalue weighted by Gasteiger charge is -2.14. The number of hydrogen-bond acceptors (Lipinski definition) is 4. The Morgan fingerprint density at radius 3 is 2.02 bits per heavy atom. The first-order valence-electron chi connectivity index (χ1n) is 13.3. The summed E-state index contributed by atoms with van der Waals surface area (Å²) in [4.78, 5) is 19.5. The first-order chi connectivity index (χ1) is 19.8. The Balaban J connectivity index is 1.32. The largest absolute Gasteiger partial charge is 0.247 e. The lowest BCUT2D eigenvalue weighted by Crippen LogP contribution is -1.96. The Labute approximate surface area is 230 Å². The smallest absolute Gasteiger partial charge is 0.163 e. The maximum absolute atomic E-state index is 5.10. The van der Waals surface area contributed by atoms with Crippen LogP contribution in [0.4, 0.5) is 0 Å². The van der Waals surface area contributed by atoms with Gasteiger partial charge in [0.05, 0.1) is 16.7 Å². The normalized spacial score (nSPS) is 11.5. The first-order valence-corrected chi connectivity index (χ1v) is 13.3. The third-order valence-corrected chi connectivity index (χ3v) is 7.53. The van der Waals surface area contributed by atoms with Crippen molar-refractivity contribution in [2.24, 2.45) is 0 Å². The van der Waals surface area contributed by atoms with Gasteiger partial charge < -0.3 is 0 Å². The Hall–Kier alpha value is -5.48. The monoisotopic (exact) mass is 510 g/mol. The van der Waals surface area contributed by atoms with Gasteiger partial charge in [-0.3, -0.25) is 0 Å². The minimum absolute atomic E-state index is 0.659. The quantitative estimate of drug-likeness (QED) is 0.176. The number of para-hydroxylation sites is 1. The maximum Gasteiger partial charge on any atom is 0.163 e. The first kappa shape index (κ1) is 22.5. The maximum atomic E-state index is 5.10. The second-order valence-electron chi connectivity index (χ2n) is 9.90. The van der Waals surface area contributed by atoms with E-state index in [0.717, 1.165) is 55.0 Å². The van der Waals surface area contributed by atoms with E-state index in [1.165, 1.54) is 10.9 Å². The molecule has 186 valence electrons. The fraction of sp³-hybridized carbons (Fsp3) is 0. The van der Waals surface area contributed by atoms with Crippen LogP contribution in [0.25, 0.3) is 77.4 Å². The molecule has 0 atom stereocenters. The molecule has 0 aliphatic carbocycles. The lowest BCUT2D eigenvalue weighted by atomic mass is 9.93. The van der Waals surface area contributed by atoms with E-state index in [1.54, 1.807) is 6.20 Å². The molecule has 0 amide bonds. The summed E-state index contributed by atoms with van der Waals surface area (Å²) < 4.78 is 0. The molecule has 0 radical (unpaired) electrons. The zero-order valence-electron chi connectivity index (χ0n) is 21.5. The van der Waals surface area contributed by atoms with Crippen molar-refractivity contribution in [2.45, 2.75) is 0 Å². The average molecular weight is 511 g/mol. The summed E-state index contributed by atoms with van der Waals surface area (Å²) in [6, 6.07) is 43.9. The molecule has 0 fully saturated rings. The van der Waals surface area contributed by atoms with Crippen LogP contribution in [-0.4, -0.2) is 19.9 Å². The SMILES string of the molecule is c1ccc(-c2nc(-c3ccc(-c4c5ccccc5nc5c4ccc4ccccc45)cc3)nc3ncccc23)cc1. The van der Waals surface area contributed by atoms with Gasteiger partial charge in [-0.2, -0.15) is 0 Å². The number of pyridine rings is 2. The third kappa shape index (κ3) is 3.62. The zero-order valence-corrected chi connectivity index (χ0v) is 21.5. The molecule has 0 aliphatic rings. The van der Waals surface area contributed by atoms with Gasteiger partial charge in [-0.25, -0.2) is 19.9 Å². The predicted octanol–water partition coefficient (Wildman–Crippen LogP) is 8.88. The molecule has 3 heterocycles. The molecule has 4 nitrogen and oxygen atoms in total. The van der Waals surface area contributed by atoms with E-state index in [2.05, 4.69) is 102 Å². The van der Waals surface area contributed by atoms with E-state index in [-0.39, 0.29) is 0 Å². The second kappa shape index (κ2) is 9.07. The molecule has 0 bridgehead atoms. The summed E-state index contributed by atoms with van der Waals surface area (Å²) in [7, 11) is 0. The van der Waals surface area contributed by atoms with Gasteiger partial charge >= 0.3 is 0 Å². The molecule has 0 aliphatic heterocycles. The van der Waals surface area contributed by atoms with Crippen molar-refractivity contribution in [1.29, 1.82) is 0 Å². The average Bonchev–Trinajstić information content (AvgIpc) is 3.03. The summed E-state index contributed by atoms with van der Waals surface area (Å²) in [5.41, 5.74) is 7.89. The number of benzene rings is 5. The number of fused-ring (bicyclic) bond motifs is 5. The number of rotatable bonds is 3. The van der Waals surface area contributed by atoms with Gasteiger partial charge in [-0.1, -0.05) is 109 Å². The van der Waals surface area contributed by atoms with Gasteiger partial charge in [-0.15, -0.1) is 0 Å². The van der Waals surface area contributed by atoms with Gasteiger partial charge in [0.25, 0.3) is 0 Å². The molecule has 5 aromatic carbocycles. The molecule has 3 aromatic heterocycles. The van der Waals surface area contributed by atoms with E-state index < -0.39 is 0 Å². The van der Waals surface area contributed by atoms with Crippen molar-refractivity contribution in [3.63, 3.8) is 0 Å². The molecule has 40 heavy (non-hydrogen) atoms. The lowest BCUT2D eigenvalue weighted by molar-refractivity contribution is 1.19. The van der Waals surface area contributed by atoms with Crippen LogP contribution in [0.5, 0.6) is 0 Å². The minimum atomic E-state index is 0.659. The number of nitrogens with zero attached hydrogens (tertiary/aromatic N) is 4. The van der Waals surface area contributed by atoms with Crippen LogP contribution in [0, 0.1) is 0 Å². The molecular formula is C36H22N4. The van der Waals surface area contributed by atoms with E-state index in [1.807, 2.05) is 30.3 Å². The zero-order chi connectivity index (χ0) is 26.5. The van der Waals surface area contributed by atoms with Crippen LogP contribution < -0.4 is 0 Å². The molecule has 0 saturated carbocycles. The topological polar surface area (TPSA) is 51.6 Å². The van der Waals surface area contributed by atoms with Crippen LogP contribution >= 0.6 is 0 Å². The molecule has 0 saturated heterocycles. The van der Waals surface area contributed by atoms with Crippen molar-refractivity contribution in [2.75, 3.05) is 0 Å². The van der Waals surface area contributed by atoms with Crippen molar-refractivity contribution in [1.82, 2.24) is 19.9 Å². The standard InChI is InChI=1S/C36H22N4/c1-2-10-25(11-3-1)33-30-14-8-22-37-36(30)40-35(39-33)26-18-16-24(17-19-26)32-28-13-6-7-15-31(28)38-34-27-12-5-4-9-23(27)20-21-29(32)34/h1-22H. The summed E-state index contributed by atoms with van der Waals surface area (Å²) >= 11 is 0. The number of aromatic nitrogens is 4. The Kier molecular flexibility index (Phi) is 5.10. The van der Waals surface area contributed by atoms with E-state index in [9.17, 15) is 0 Å². The summed E-state index contributed by atoms with van der Waals surface area (Å²) in [6.07, 6.45) is 1.78. The van der Waals surface area contributed by atoms with Crippen molar-refractivity contribution in [3.8, 4) is 33.8 Å². The molecule has 8 rings (SSSR count). The van der Waals surface area contributed by atoms with Crippen LogP contribution in [-0.2, 0) is 0 Å². The summed E-state index contributed by atoms with van der Waals surface area (Å²) in [6.45, 7) is 0. The molecule has 4 heteroatoms. The van der Waals surface area contributed by atoms with E-state index >= 15 is 0 Å². The fourth-order valence-electron chi connectivity index (χ4n) is 5.63. The molecule has 0 unspecified atom stereocenters. The molecule has 0 N–H and O–H groups in total. The van der Waals surface area contributed by atoms with E-state index in [4.69, 9.17) is 15.0 Å².